The zero-order valence-electron chi connectivity index (χ0n) is 13.1. The van der Waals surface area contributed by atoms with E-state index in [1.807, 2.05) is 18.2 Å². The zero-order chi connectivity index (χ0) is 16.3. The predicted molar refractivity (Wildman–Crippen MR) is 87.2 cm³/mol. The van der Waals surface area contributed by atoms with Crippen LogP contribution in [0, 0.1) is 5.92 Å². The van der Waals surface area contributed by atoms with Gasteiger partial charge in [0, 0.05) is 52.0 Å². The fourth-order valence-corrected chi connectivity index (χ4v) is 4.18. The molecule has 1 unspecified atom stereocenters. The van der Waals surface area contributed by atoms with E-state index >= 15 is 0 Å². The van der Waals surface area contributed by atoms with Gasteiger partial charge in [-0.2, -0.15) is 12.7 Å². The summed E-state index contributed by atoms with van der Waals surface area (Å²) in [6, 6.07) is 5.91. The quantitative estimate of drug-likeness (QED) is 0.768. The summed E-state index contributed by atoms with van der Waals surface area (Å²) >= 11 is 0. The van der Waals surface area contributed by atoms with Crippen LogP contribution < -0.4 is 4.90 Å². The first kappa shape index (κ1) is 16.6. The van der Waals surface area contributed by atoms with Crippen LogP contribution in [0.4, 0.5) is 9.70 Å². The molecule has 6 nitrogen and oxygen atoms in total. The molecule has 1 aromatic rings. The zero-order valence-corrected chi connectivity index (χ0v) is 14.0. The van der Waals surface area contributed by atoms with Gasteiger partial charge in [-0.25, -0.2) is 4.98 Å². The molecule has 2 aliphatic rings. The summed E-state index contributed by atoms with van der Waals surface area (Å²) in [5.41, 5.74) is 0. The van der Waals surface area contributed by atoms with E-state index in [9.17, 15) is 12.3 Å². The highest BCUT2D eigenvalue weighted by molar-refractivity contribution is 7.83. The third-order valence-electron chi connectivity index (χ3n) is 4.65. The molecular weight excluding hydrogens is 319 g/mol. The number of pyridine rings is 1. The van der Waals surface area contributed by atoms with Gasteiger partial charge in [0.1, 0.15) is 5.82 Å². The Balaban J connectivity index is 1.49. The van der Waals surface area contributed by atoms with Gasteiger partial charge in [-0.3, -0.25) is 4.90 Å². The second kappa shape index (κ2) is 7.11. The molecule has 1 atom stereocenters. The van der Waals surface area contributed by atoms with Crippen LogP contribution in [0.5, 0.6) is 0 Å². The number of hydrogen-bond donors (Lipinski definition) is 0. The standard InChI is InChI=1S/C15H23FN4O2S/c16-23(21,22)20-7-3-4-14(13-20)12-18-8-10-19(11-9-18)15-5-1-2-6-17-15/h1-2,5-6,14H,3-4,7-13H2. The molecule has 2 fully saturated rings. The SMILES string of the molecule is O=S(=O)(F)N1CCCC(CN2CCN(c3ccccn3)CC2)C1. The number of rotatable bonds is 4. The van der Waals surface area contributed by atoms with Crippen molar-refractivity contribution in [1.29, 1.82) is 0 Å². The first-order chi connectivity index (χ1) is 11.0. The van der Waals surface area contributed by atoms with Crippen molar-refractivity contribution in [3.63, 3.8) is 0 Å². The number of nitrogens with zero attached hydrogens (tertiary/aromatic N) is 4. The Morgan fingerprint density at radius 2 is 1.96 bits per heavy atom. The Bertz CT molecular complexity index is 605. The lowest BCUT2D eigenvalue weighted by molar-refractivity contribution is 0.169. The maximum absolute atomic E-state index is 13.1. The van der Waals surface area contributed by atoms with Crippen LogP contribution in [0.3, 0.4) is 0 Å². The van der Waals surface area contributed by atoms with Gasteiger partial charge in [0.25, 0.3) is 0 Å². The minimum atomic E-state index is -4.55. The maximum Gasteiger partial charge on any atom is 0.374 e. The number of hydrogen-bond acceptors (Lipinski definition) is 5. The Hall–Kier alpha value is -1.25. The van der Waals surface area contributed by atoms with Crippen LogP contribution in [0.2, 0.25) is 0 Å². The molecule has 0 saturated carbocycles. The van der Waals surface area contributed by atoms with Gasteiger partial charge >= 0.3 is 10.4 Å². The molecule has 0 aromatic carbocycles. The molecule has 128 valence electrons. The van der Waals surface area contributed by atoms with E-state index in [0.717, 1.165) is 55.7 Å². The van der Waals surface area contributed by atoms with Crippen molar-refractivity contribution in [2.75, 3.05) is 50.7 Å². The molecule has 0 spiro atoms. The van der Waals surface area contributed by atoms with E-state index in [2.05, 4.69) is 14.8 Å². The highest BCUT2D eigenvalue weighted by Crippen LogP contribution is 2.22. The van der Waals surface area contributed by atoms with Crippen molar-refractivity contribution in [2.24, 2.45) is 5.92 Å². The molecule has 1 aromatic heterocycles. The molecular formula is C15H23FN4O2S. The average Bonchev–Trinajstić information content (AvgIpc) is 2.56. The smallest absolute Gasteiger partial charge is 0.354 e. The molecule has 3 heterocycles. The third kappa shape index (κ3) is 4.39. The van der Waals surface area contributed by atoms with Gasteiger partial charge in [0.2, 0.25) is 0 Å². The van der Waals surface area contributed by atoms with Crippen molar-refractivity contribution in [2.45, 2.75) is 12.8 Å². The van der Waals surface area contributed by atoms with E-state index in [1.54, 1.807) is 6.20 Å². The van der Waals surface area contributed by atoms with Gasteiger partial charge in [0.15, 0.2) is 0 Å². The fourth-order valence-electron chi connectivity index (χ4n) is 3.44. The van der Waals surface area contributed by atoms with Crippen LogP contribution >= 0.6 is 0 Å². The number of aromatic nitrogens is 1. The average molecular weight is 342 g/mol. The maximum atomic E-state index is 13.1. The first-order valence-electron chi connectivity index (χ1n) is 8.10. The van der Waals surface area contributed by atoms with Gasteiger partial charge in [-0.05, 0) is 30.9 Å². The van der Waals surface area contributed by atoms with Crippen molar-refractivity contribution < 1.29 is 12.3 Å². The summed E-state index contributed by atoms with van der Waals surface area (Å²) in [4.78, 5) is 8.98. The van der Waals surface area contributed by atoms with Crippen molar-refractivity contribution in [3.8, 4) is 0 Å². The Morgan fingerprint density at radius 1 is 1.17 bits per heavy atom. The number of piperazine rings is 1. The Kier molecular flexibility index (Phi) is 5.13. The molecule has 2 aliphatic heterocycles. The monoisotopic (exact) mass is 342 g/mol. The van der Waals surface area contributed by atoms with Crippen molar-refractivity contribution in [1.82, 2.24) is 14.2 Å². The second-order valence-electron chi connectivity index (χ2n) is 6.28. The summed E-state index contributed by atoms with van der Waals surface area (Å²) in [5.74, 6) is 1.22. The van der Waals surface area contributed by atoms with E-state index in [-0.39, 0.29) is 5.92 Å². The lowest BCUT2D eigenvalue weighted by Crippen LogP contribution is -2.50. The predicted octanol–water partition coefficient (Wildman–Crippen LogP) is 1.13. The summed E-state index contributed by atoms with van der Waals surface area (Å²) in [6.07, 6.45) is 3.50. The fraction of sp³-hybridized carbons (Fsp3) is 0.667. The summed E-state index contributed by atoms with van der Waals surface area (Å²) in [5, 5.41) is 0. The number of halogens is 1. The van der Waals surface area contributed by atoms with Crippen LogP contribution in [0.25, 0.3) is 0 Å². The molecule has 0 amide bonds. The van der Waals surface area contributed by atoms with E-state index in [4.69, 9.17) is 0 Å². The number of piperidine rings is 1. The van der Waals surface area contributed by atoms with Crippen LogP contribution in [0.1, 0.15) is 12.8 Å². The third-order valence-corrected chi connectivity index (χ3v) is 5.60. The first-order valence-corrected chi connectivity index (χ1v) is 9.44. The molecule has 2 saturated heterocycles. The van der Waals surface area contributed by atoms with Gasteiger partial charge < -0.3 is 4.90 Å². The summed E-state index contributed by atoms with van der Waals surface area (Å²) in [6.45, 7) is 5.12. The van der Waals surface area contributed by atoms with Crippen LogP contribution in [-0.2, 0) is 10.4 Å². The second-order valence-corrected chi connectivity index (χ2v) is 7.62. The topological polar surface area (TPSA) is 56.8 Å². The molecule has 23 heavy (non-hydrogen) atoms. The van der Waals surface area contributed by atoms with Gasteiger partial charge in [-0.1, -0.05) is 9.95 Å². The van der Waals surface area contributed by atoms with Crippen molar-refractivity contribution in [3.05, 3.63) is 24.4 Å². The normalized spacial score (nSPS) is 24.7. The van der Waals surface area contributed by atoms with Crippen molar-refractivity contribution >= 4 is 16.2 Å². The lowest BCUT2D eigenvalue weighted by atomic mass is 9.99. The minimum absolute atomic E-state index is 0.218. The Labute approximate surface area is 137 Å². The van der Waals surface area contributed by atoms with Crippen LogP contribution in [-0.4, -0.2) is 68.4 Å². The highest BCUT2D eigenvalue weighted by atomic mass is 32.3. The van der Waals surface area contributed by atoms with E-state index < -0.39 is 10.4 Å². The molecule has 0 N–H and O–H groups in total. The lowest BCUT2D eigenvalue weighted by Gasteiger charge is -2.38. The molecule has 8 heteroatoms. The highest BCUT2D eigenvalue weighted by Gasteiger charge is 2.30. The summed E-state index contributed by atoms with van der Waals surface area (Å²) < 4.78 is 36.2. The molecule has 3 rings (SSSR count). The Morgan fingerprint density at radius 3 is 2.61 bits per heavy atom. The minimum Gasteiger partial charge on any atom is -0.354 e. The number of anilines is 1. The van der Waals surface area contributed by atoms with Crippen LogP contribution in [0.15, 0.2) is 24.4 Å². The molecule has 0 bridgehead atoms. The molecule has 0 radical (unpaired) electrons. The van der Waals surface area contributed by atoms with E-state index in [0.29, 0.717) is 13.1 Å². The van der Waals surface area contributed by atoms with E-state index in [1.165, 1.54) is 0 Å². The molecule has 0 aliphatic carbocycles. The largest absolute Gasteiger partial charge is 0.374 e. The van der Waals surface area contributed by atoms with Gasteiger partial charge in [-0.15, -0.1) is 0 Å². The van der Waals surface area contributed by atoms with Gasteiger partial charge in [0.05, 0.1) is 0 Å². The summed E-state index contributed by atoms with van der Waals surface area (Å²) in [7, 11) is -4.55.